The number of morpholine rings is 1. The second kappa shape index (κ2) is 14.2. The average molecular weight is 547 g/mol. The number of aromatic nitrogens is 2. The highest BCUT2D eigenvalue weighted by molar-refractivity contribution is 7.99. The first-order valence-electron chi connectivity index (χ1n) is 12.3. The largest absolute Gasteiger partial charge is 0.408 e. The van der Waals surface area contributed by atoms with E-state index < -0.39 is 17.4 Å². The molecule has 3 rings (SSSR count). The zero-order chi connectivity index (χ0) is 25.4. The van der Waals surface area contributed by atoms with Crippen LogP contribution in [0.5, 0.6) is 0 Å². The van der Waals surface area contributed by atoms with Gasteiger partial charge in [-0.3, -0.25) is 9.59 Å². The van der Waals surface area contributed by atoms with E-state index in [1.807, 2.05) is 32.8 Å². The predicted octanol–water partition coefficient (Wildman–Crippen LogP) is 2.21. The van der Waals surface area contributed by atoms with Crippen molar-refractivity contribution in [2.24, 2.45) is 5.92 Å². The number of hydrogen-bond donors (Lipinski definition) is 2. The Bertz CT molecular complexity index is 871. The van der Waals surface area contributed by atoms with Crippen LogP contribution in [0.25, 0.3) is 0 Å². The SMILES string of the molecule is CC(C)[C@H](NC(=O)C1(NC(=O)N2CCOCC2)CCCCC1)C(=O)c1nnc(SCCN(C)C)o1.Cl. The molecule has 3 amide bonds. The first kappa shape index (κ1) is 30.3. The van der Waals surface area contributed by atoms with Gasteiger partial charge in [0.25, 0.3) is 11.1 Å². The van der Waals surface area contributed by atoms with E-state index in [-0.39, 0.29) is 36.2 Å². The van der Waals surface area contributed by atoms with Crippen LogP contribution in [0.15, 0.2) is 9.64 Å². The first-order chi connectivity index (χ1) is 16.7. The standard InChI is InChI=1S/C23H38N6O5S.ClH/c1-16(2)17(18(30)19-26-27-22(34-19)35-15-12-28(3)4)24-20(31)23(8-6-5-7-9-23)25-21(32)29-10-13-33-14-11-29;/h16-17H,5-15H2,1-4H3,(H,24,31)(H,25,32);1H/t17-;/m0./s1. The van der Waals surface area contributed by atoms with Gasteiger partial charge < -0.3 is 29.6 Å². The maximum absolute atomic E-state index is 13.6. The van der Waals surface area contributed by atoms with Gasteiger partial charge in [-0.15, -0.1) is 22.6 Å². The van der Waals surface area contributed by atoms with Crippen molar-refractivity contribution in [2.45, 2.75) is 62.8 Å². The van der Waals surface area contributed by atoms with Gasteiger partial charge in [-0.2, -0.15) is 0 Å². The van der Waals surface area contributed by atoms with Crippen molar-refractivity contribution in [1.29, 1.82) is 0 Å². The number of carbonyl (C=O) groups is 3. The molecule has 2 aliphatic rings. The molecule has 2 N–H and O–H groups in total. The van der Waals surface area contributed by atoms with Gasteiger partial charge in [0.15, 0.2) is 0 Å². The van der Waals surface area contributed by atoms with Gasteiger partial charge in [-0.25, -0.2) is 4.79 Å². The Morgan fingerprint density at radius 3 is 2.39 bits per heavy atom. The number of hydrogen-bond acceptors (Lipinski definition) is 9. The highest BCUT2D eigenvalue weighted by atomic mass is 35.5. The topological polar surface area (TPSA) is 130 Å². The summed E-state index contributed by atoms with van der Waals surface area (Å²) in [6.45, 7) is 6.48. The Kier molecular flexibility index (Phi) is 11.9. The fourth-order valence-corrected chi connectivity index (χ4v) is 5.11. The summed E-state index contributed by atoms with van der Waals surface area (Å²) in [6, 6.07) is -1.12. The van der Waals surface area contributed by atoms with Crippen LogP contribution >= 0.6 is 24.2 Å². The van der Waals surface area contributed by atoms with E-state index in [4.69, 9.17) is 9.15 Å². The number of ether oxygens (including phenoxy) is 1. The first-order valence-corrected chi connectivity index (χ1v) is 13.3. The molecule has 1 aliphatic carbocycles. The molecule has 1 saturated carbocycles. The third-order valence-corrected chi connectivity index (χ3v) is 7.20. The van der Waals surface area contributed by atoms with Gasteiger partial charge >= 0.3 is 6.03 Å². The number of ketones is 1. The molecule has 2 heterocycles. The molecule has 1 atom stereocenters. The molecule has 1 aromatic rings. The molecule has 0 spiro atoms. The molecule has 0 aromatic carbocycles. The number of Topliss-reactive ketones (excluding diaryl/α,β-unsaturated/α-hetero) is 1. The van der Waals surface area contributed by atoms with Crippen LogP contribution in [0, 0.1) is 5.92 Å². The number of amides is 3. The minimum atomic E-state index is -1.05. The summed E-state index contributed by atoms with van der Waals surface area (Å²) < 4.78 is 10.9. The summed E-state index contributed by atoms with van der Waals surface area (Å²) in [5.74, 6) is -0.347. The van der Waals surface area contributed by atoms with E-state index in [2.05, 4.69) is 20.8 Å². The van der Waals surface area contributed by atoms with Gasteiger partial charge in [-0.05, 0) is 32.9 Å². The van der Waals surface area contributed by atoms with Crippen molar-refractivity contribution in [1.82, 2.24) is 30.6 Å². The number of nitrogens with zero attached hydrogens (tertiary/aromatic N) is 4. The number of carbonyl (C=O) groups excluding carboxylic acids is 3. The fourth-order valence-electron chi connectivity index (χ4n) is 4.24. The van der Waals surface area contributed by atoms with Crippen molar-refractivity contribution in [3.05, 3.63) is 5.89 Å². The van der Waals surface area contributed by atoms with E-state index in [0.717, 1.165) is 31.6 Å². The van der Waals surface area contributed by atoms with E-state index >= 15 is 0 Å². The van der Waals surface area contributed by atoms with Crippen LogP contribution in [0.4, 0.5) is 4.79 Å². The van der Waals surface area contributed by atoms with E-state index in [1.54, 1.807) is 4.90 Å². The van der Waals surface area contributed by atoms with Gasteiger partial charge in [0.1, 0.15) is 5.54 Å². The molecule has 1 aromatic heterocycles. The molecule has 36 heavy (non-hydrogen) atoms. The molecule has 0 bridgehead atoms. The van der Waals surface area contributed by atoms with Gasteiger partial charge in [0, 0.05) is 25.4 Å². The lowest BCUT2D eigenvalue weighted by atomic mass is 9.80. The van der Waals surface area contributed by atoms with Gasteiger partial charge in [-0.1, -0.05) is 44.9 Å². The summed E-state index contributed by atoms with van der Waals surface area (Å²) in [5, 5.41) is 14.1. The fraction of sp³-hybridized carbons (Fsp3) is 0.783. The Balaban J connectivity index is 0.00000456. The van der Waals surface area contributed by atoms with E-state index in [0.29, 0.717) is 44.4 Å². The molecule has 11 nitrogen and oxygen atoms in total. The number of nitrogens with one attached hydrogen (secondary N) is 2. The zero-order valence-electron chi connectivity index (χ0n) is 21.6. The molecule has 2 fully saturated rings. The molecular formula is C23H39ClN6O5S. The second-order valence-corrected chi connectivity index (χ2v) is 10.8. The summed E-state index contributed by atoms with van der Waals surface area (Å²) in [6.07, 6.45) is 3.72. The molecule has 0 radical (unpaired) electrons. The lowest BCUT2D eigenvalue weighted by Gasteiger charge is -2.39. The second-order valence-electron chi connectivity index (χ2n) is 9.76. The van der Waals surface area contributed by atoms with E-state index in [9.17, 15) is 14.4 Å². The minimum absolute atomic E-state index is 0. The van der Waals surface area contributed by atoms with Crippen molar-refractivity contribution in [2.75, 3.05) is 52.7 Å². The normalized spacial score (nSPS) is 18.4. The quantitative estimate of drug-likeness (QED) is 0.335. The van der Waals surface area contributed by atoms with Crippen LogP contribution in [-0.2, 0) is 9.53 Å². The smallest absolute Gasteiger partial charge is 0.318 e. The summed E-state index contributed by atoms with van der Waals surface area (Å²) >= 11 is 1.38. The minimum Gasteiger partial charge on any atom is -0.408 e. The number of rotatable bonds is 10. The third kappa shape index (κ3) is 8.06. The average Bonchev–Trinajstić information content (AvgIpc) is 3.31. The van der Waals surface area contributed by atoms with Crippen molar-refractivity contribution in [3.63, 3.8) is 0 Å². The maximum atomic E-state index is 13.6. The van der Waals surface area contributed by atoms with Crippen LogP contribution in [0.1, 0.15) is 56.6 Å². The monoisotopic (exact) mass is 546 g/mol. The van der Waals surface area contributed by atoms with Crippen molar-refractivity contribution >= 4 is 41.9 Å². The Morgan fingerprint density at radius 2 is 1.78 bits per heavy atom. The van der Waals surface area contributed by atoms with Crippen molar-refractivity contribution in [3.8, 4) is 0 Å². The molecule has 13 heteroatoms. The van der Waals surface area contributed by atoms with Gasteiger partial charge in [0.2, 0.25) is 11.7 Å². The Hall–Kier alpha value is -1.89. The highest BCUT2D eigenvalue weighted by Crippen LogP contribution is 2.29. The lowest BCUT2D eigenvalue weighted by Crippen LogP contribution is -2.64. The summed E-state index contributed by atoms with van der Waals surface area (Å²) in [4.78, 5) is 43.5. The molecule has 1 aliphatic heterocycles. The zero-order valence-corrected chi connectivity index (χ0v) is 23.2. The van der Waals surface area contributed by atoms with Crippen LogP contribution < -0.4 is 10.6 Å². The molecular weight excluding hydrogens is 508 g/mol. The Morgan fingerprint density at radius 1 is 1.11 bits per heavy atom. The third-order valence-electron chi connectivity index (χ3n) is 6.40. The van der Waals surface area contributed by atoms with Crippen LogP contribution in [0.3, 0.4) is 0 Å². The van der Waals surface area contributed by atoms with Gasteiger partial charge in [0.05, 0.1) is 19.3 Å². The Labute approximate surface area is 223 Å². The van der Waals surface area contributed by atoms with Crippen LogP contribution in [0.2, 0.25) is 0 Å². The lowest BCUT2D eigenvalue weighted by molar-refractivity contribution is -0.129. The molecule has 1 saturated heterocycles. The summed E-state index contributed by atoms with van der Waals surface area (Å²) in [7, 11) is 3.95. The predicted molar refractivity (Wildman–Crippen MR) is 139 cm³/mol. The van der Waals surface area contributed by atoms with E-state index in [1.165, 1.54) is 11.8 Å². The van der Waals surface area contributed by atoms with Crippen LogP contribution in [-0.4, -0.2) is 102 Å². The summed E-state index contributed by atoms with van der Waals surface area (Å²) in [5.41, 5.74) is -1.05. The number of thioether (sulfide) groups is 1. The van der Waals surface area contributed by atoms with Crippen molar-refractivity contribution < 1.29 is 23.5 Å². The maximum Gasteiger partial charge on any atom is 0.318 e. The molecule has 0 unspecified atom stereocenters. The number of halogens is 1. The molecule has 204 valence electrons. The number of urea groups is 1. The highest BCUT2D eigenvalue weighted by Gasteiger charge is 2.44.